The minimum atomic E-state index is 0.371. The van der Waals surface area contributed by atoms with E-state index in [-0.39, 0.29) is 0 Å². The summed E-state index contributed by atoms with van der Waals surface area (Å²) in [5.41, 5.74) is 2.45. The van der Waals surface area contributed by atoms with E-state index < -0.39 is 0 Å². The van der Waals surface area contributed by atoms with Gasteiger partial charge in [0.2, 0.25) is 5.88 Å². The largest absolute Gasteiger partial charge is 0.442 e. The molecule has 0 saturated carbocycles. The molecule has 0 amide bonds. The van der Waals surface area contributed by atoms with Gasteiger partial charge in [0.25, 0.3) is 0 Å². The highest BCUT2D eigenvalue weighted by molar-refractivity contribution is 5.80. The number of aliphatic imine (C=N–C) groups is 1. The highest BCUT2D eigenvalue weighted by atomic mass is 16.4. The molecule has 0 radical (unpaired) electrons. The standard InChI is InChI=1S/C16H14N2O/c1-12-13(2)19-16(15(12)11-17)18-10-6-9-14-7-4-3-5-8-14/h3-10H,1-2H3. The molecule has 1 heterocycles. The van der Waals surface area contributed by atoms with Gasteiger partial charge in [-0.05, 0) is 25.5 Å². The van der Waals surface area contributed by atoms with Gasteiger partial charge < -0.3 is 4.42 Å². The van der Waals surface area contributed by atoms with Crippen LogP contribution in [0.4, 0.5) is 5.88 Å². The molecule has 0 bridgehead atoms. The Bertz CT molecular complexity index is 658. The smallest absolute Gasteiger partial charge is 0.237 e. The molecule has 2 rings (SSSR count). The van der Waals surface area contributed by atoms with Crippen molar-refractivity contribution in [2.24, 2.45) is 4.99 Å². The second-order valence-electron chi connectivity index (χ2n) is 4.12. The lowest BCUT2D eigenvalue weighted by Crippen LogP contribution is -1.75. The first-order valence-corrected chi connectivity index (χ1v) is 5.98. The van der Waals surface area contributed by atoms with Crippen molar-refractivity contribution >= 4 is 18.2 Å². The van der Waals surface area contributed by atoms with Gasteiger partial charge in [0.05, 0.1) is 0 Å². The topological polar surface area (TPSA) is 49.3 Å². The van der Waals surface area contributed by atoms with Gasteiger partial charge in [-0.3, -0.25) is 0 Å². The fourth-order valence-corrected chi connectivity index (χ4v) is 1.66. The maximum Gasteiger partial charge on any atom is 0.237 e. The molecule has 0 aliphatic rings. The molecule has 19 heavy (non-hydrogen) atoms. The van der Waals surface area contributed by atoms with Gasteiger partial charge in [-0.2, -0.15) is 5.26 Å². The summed E-state index contributed by atoms with van der Waals surface area (Å²) >= 11 is 0. The third-order valence-corrected chi connectivity index (χ3v) is 2.84. The summed E-state index contributed by atoms with van der Waals surface area (Å²) < 4.78 is 5.43. The second kappa shape index (κ2) is 5.83. The monoisotopic (exact) mass is 250 g/mol. The number of aryl methyl sites for hydroxylation is 1. The molecule has 94 valence electrons. The number of hydrogen-bond acceptors (Lipinski definition) is 3. The van der Waals surface area contributed by atoms with Crippen molar-refractivity contribution in [2.75, 3.05) is 0 Å². The quantitative estimate of drug-likeness (QED) is 0.767. The molecule has 0 saturated heterocycles. The Morgan fingerprint density at radius 2 is 1.95 bits per heavy atom. The fourth-order valence-electron chi connectivity index (χ4n) is 1.66. The summed E-state index contributed by atoms with van der Waals surface area (Å²) in [5.74, 6) is 1.10. The molecule has 0 aliphatic carbocycles. The average Bonchev–Trinajstić information content (AvgIpc) is 2.71. The van der Waals surface area contributed by atoms with Crippen LogP contribution in [0.3, 0.4) is 0 Å². The lowest BCUT2D eigenvalue weighted by Gasteiger charge is -1.88. The molecule has 0 spiro atoms. The fraction of sp³-hybridized carbons (Fsp3) is 0.125. The van der Waals surface area contributed by atoms with E-state index in [9.17, 15) is 0 Å². The van der Waals surface area contributed by atoms with Crippen molar-refractivity contribution in [1.29, 1.82) is 5.26 Å². The SMILES string of the molecule is Cc1oc(N=CC=Cc2ccccc2)c(C#N)c1C. The minimum absolute atomic E-state index is 0.371. The first-order valence-electron chi connectivity index (χ1n) is 5.98. The van der Waals surface area contributed by atoms with Crippen LogP contribution < -0.4 is 0 Å². The summed E-state index contributed by atoms with van der Waals surface area (Å²) in [6.07, 6.45) is 5.40. The maximum absolute atomic E-state index is 9.05. The number of hydrogen-bond donors (Lipinski definition) is 0. The van der Waals surface area contributed by atoms with Crippen LogP contribution in [0.1, 0.15) is 22.5 Å². The number of rotatable bonds is 3. The van der Waals surface area contributed by atoms with Gasteiger partial charge in [-0.25, -0.2) is 4.99 Å². The highest BCUT2D eigenvalue weighted by Crippen LogP contribution is 2.27. The molecule has 0 N–H and O–H groups in total. The van der Waals surface area contributed by atoms with Crippen LogP contribution in [-0.4, -0.2) is 6.21 Å². The summed E-state index contributed by atoms with van der Waals surface area (Å²) in [6, 6.07) is 12.0. The third kappa shape index (κ3) is 2.99. The average molecular weight is 250 g/mol. The van der Waals surface area contributed by atoms with Crippen molar-refractivity contribution < 1.29 is 4.42 Å². The lowest BCUT2D eigenvalue weighted by atomic mass is 10.2. The molecular formula is C16H14N2O. The van der Waals surface area contributed by atoms with E-state index in [1.54, 1.807) is 6.21 Å². The molecule has 1 aromatic heterocycles. The zero-order valence-electron chi connectivity index (χ0n) is 10.9. The van der Waals surface area contributed by atoms with E-state index in [4.69, 9.17) is 9.68 Å². The van der Waals surface area contributed by atoms with Crippen molar-refractivity contribution in [2.45, 2.75) is 13.8 Å². The van der Waals surface area contributed by atoms with Crippen molar-refractivity contribution in [1.82, 2.24) is 0 Å². The first kappa shape index (κ1) is 12.8. The maximum atomic E-state index is 9.05. The van der Waals surface area contributed by atoms with Crippen molar-refractivity contribution in [3.8, 4) is 6.07 Å². The van der Waals surface area contributed by atoms with Gasteiger partial charge in [-0.1, -0.05) is 36.4 Å². The Balaban J connectivity index is 2.14. The van der Waals surface area contributed by atoms with Crippen LogP contribution in [-0.2, 0) is 0 Å². The van der Waals surface area contributed by atoms with E-state index in [0.717, 1.165) is 16.9 Å². The predicted octanol–water partition coefficient (Wildman–Crippen LogP) is 4.18. The number of nitriles is 1. The van der Waals surface area contributed by atoms with E-state index in [1.165, 1.54) is 0 Å². The van der Waals surface area contributed by atoms with Crippen LogP contribution in [0.15, 0.2) is 45.8 Å². The van der Waals surface area contributed by atoms with Crippen molar-refractivity contribution in [3.63, 3.8) is 0 Å². The molecule has 2 aromatic rings. The summed E-state index contributed by atoms with van der Waals surface area (Å²) in [6.45, 7) is 3.69. The molecule has 3 heteroatoms. The molecular weight excluding hydrogens is 236 g/mol. The lowest BCUT2D eigenvalue weighted by molar-refractivity contribution is 0.542. The van der Waals surface area contributed by atoms with Gasteiger partial charge in [0, 0.05) is 11.8 Å². The Labute approximate surface area is 112 Å². The molecule has 0 atom stereocenters. The predicted molar refractivity (Wildman–Crippen MR) is 76.5 cm³/mol. The normalized spacial score (nSPS) is 11.2. The Morgan fingerprint density at radius 1 is 1.21 bits per heavy atom. The van der Waals surface area contributed by atoms with E-state index >= 15 is 0 Å². The first-order chi connectivity index (χ1) is 9.22. The van der Waals surface area contributed by atoms with Crippen molar-refractivity contribution in [3.05, 3.63) is 58.9 Å². The van der Waals surface area contributed by atoms with Crippen LogP contribution in [0.5, 0.6) is 0 Å². The van der Waals surface area contributed by atoms with E-state index in [2.05, 4.69) is 11.1 Å². The number of furan rings is 1. The Morgan fingerprint density at radius 3 is 2.63 bits per heavy atom. The Kier molecular flexibility index (Phi) is 3.94. The molecule has 0 aliphatic heterocycles. The van der Waals surface area contributed by atoms with Crippen LogP contribution in [0, 0.1) is 25.2 Å². The van der Waals surface area contributed by atoms with Gasteiger partial charge in [0.15, 0.2) is 0 Å². The van der Waals surface area contributed by atoms with Crippen LogP contribution in [0.25, 0.3) is 6.08 Å². The highest BCUT2D eigenvalue weighted by Gasteiger charge is 2.12. The van der Waals surface area contributed by atoms with Gasteiger partial charge >= 0.3 is 0 Å². The molecule has 0 unspecified atom stereocenters. The molecule has 3 nitrogen and oxygen atoms in total. The number of benzene rings is 1. The third-order valence-electron chi connectivity index (χ3n) is 2.84. The van der Waals surface area contributed by atoms with Crippen LogP contribution in [0.2, 0.25) is 0 Å². The zero-order chi connectivity index (χ0) is 13.7. The summed E-state index contributed by atoms with van der Waals surface area (Å²) in [7, 11) is 0. The van der Waals surface area contributed by atoms with E-state index in [0.29, 0.717) is 11.4 Å². The second-order valence-corrected chi connectivity index (χ2v) is 4.12. The molecule has 0 fully saturated rings. The Hall–Kier alpha value is -2.60. The summed E-state index contributed by atoms with van der Waals surface area (Å²) in [5, 5.41) is 9.05. The minimum Gasteiger partial charge on any atom is -0.442 e. The zero-order valence-corrected chi connectivity index (χ0v) is 10.9. The van der Waals surface area contributed by atoms with Crippen LogP contribution >= 0.6 is 0 Å². The summed E-state index contributed by atoms with van der Waals surface area (Å²) in [4.78, 5) is 4.17. The number of nitrogens with zero attached hydrogens (tertiary/aromatic N) is 2. The molecule has 1 aromatic carbocycles. The number of allylic oxidation sites excluding steroid dienone is 1. The van der Waals surface area contributed by atoms with E-state index in [1.807, 2.05) is 56.3 Å². The van der Waals surface area contributed by atoms with Gasteiger partial charge in [0.1, 0.15) is 17.4 Å². The van der Waals surface area contributed by atoms with Gasteiger partial charge in [-0.15, -0.1) is 0 Å².